The van der Waals surface area contributed by atoms with E-state index in [0.717, 1.165) is 24.7 Å². The molecule has 1 aliphatic rings. The van der Waals surface area contributed by atoms with Gasteiger partial charge in [0.2, 0.25) is 0 Å². The molecule has 142 valence electrons. The molecule has 12 nitrogen and oxygen atoms in total. The lowest BCUT2D eigenvalue weighted by molar-refractivity contribution is -0.166. The van der Waals surface area contributed by atoms with Crippen molar-refractivity contribution in [2.75, 3.05) is 6.61 Å². The van der Waals surface area contributed by atoms with Gasteiger partial charge in [-0.3, -0.25) is 24.2 Å². The molecule has 1 aromatic rings. The summed E-state index contributed by atoms with van der Waals surface area (Å²) < 4.78 is 21.5. The van der Waals surface area contributed by atoms with Gasteiger partial charge in [0.15, 0.2) is 18.4 Å². The Bertz CT molecular complexity index is 814. The summed E-state index contributed by atoms with van der Waals surface area (Å²) in [6.45, 7) is 3.10. The van der Waals surface area contributed by atoms with E-state index in [1.165, 1.54) is 6.92 Å². The molecule has 2 heterocycles. The first-order valence-electron chi connectivity index (χ1n) is 7.50. The van der Waals surface area contributed by atoms with Crippen molar-refractivity contribution in [3.63, 3.8) is 0 Å². The Kier molecular flexibility index (Phi) is 5.87. The van der Waals surface area contributed by atoms with Crippen LogP contribution in [0, 0.1) is 0 Å². The first kappa shape index (κ1) is 19.3. The lowest BCUT2D eigenvalue weighted by Crippen LogP contribution is -2.43. The number of esters is 3. The van der Waals surface area contributed by atoms with E-state index in [0.29, 0.717) is 0 Å². The number of carbonyl (C=O) groups excluding carboxylic acids is 3. The zero-order valence-electron chi connectivity index (χ0n) is 14.2. The van der Waals surface area contributed by atoms with Gasteiger partial charge in [0.05, 0.1) is 0 Å². The number of ether oxygens (including phenoxy) is 4. The van der Waals surface area contributed by atoms with Gasteiger partial charge < -0.3 is 18.9 Å². The van der Waals surface area contributed by atoms with Crippen LogP contribution in [0.25, 0.3) is 0 Å². The van der Waals surface area contributed by atoms with Gasteiger partial charge in [0.25, 0.3) is 5.56 Å². The summed E-state index contributed by atoms with van der Waals surface area (Å²) in [5.41, 5.74) is -1.66. The number of hydrogen-bond donors (Lipinski definition) is 1. The Morgan fingerprint density at radius 3 is 2.27 bits per heavy atom. The molecule has 1 unspecified atom stereocenters. The molecule has 0 aliphatic carbocycles. The van der Waals surface area contributed by atoms with Gasteiger partial charge in [-0.2, -0.15) is 9.78 Å². The fraction of sp³-hybridized carbons (Fsp3) is 0.571. The lowest BCUT2D eigenvalue weighted by Gasteiger charge is -2.23. The third kappa shape index (κ3) is 4.53. The van der Waals surface area contributed by atoms with Crippen LogP contribution in [0.4, 0.5) is 0 Å². The number of aromatic amines is 1. The summed E-state index contributed by atoms with van der Waals surface area (Å²) in [6, 6.07) is 0. The normalized spacial score (nSPS) is 24.7. The standard InChI is InChI=1S/C14H17N3O9/c1-6(18)23-5-9-11(24-7(2)19)12(25-8(3)20)13(26-9)17-14(22)16-10(21)4-15-17/h4,9,11-13H,5H2,1-3H3,(H,16,21,22)/t9-,11?,12+,13-/m1/s1. The summed E-state index contributed by atoms with van der Waals surface area (Å²) in [6.07, 6.45) is -3.93. The predicted octanol–water partition coefficient (Wildman–Crippen LogP) is -1.74. The molecule has 0 radical (unpaired) electrons. The zero-order valence-corrected chi connectivity index (χ0v) is 14.2. The SMILES string of the molecule is CC(=O)OC[C@H]1O[C@@H](n2ncc(=O)[nH]c2=O)[C@@H](OC(C)=O)C1OC(C)=O. The molecule has 1 saturated heterocycles. The highest BCUT2D eigenvalue weighted by atomic mass is 16.7. The second-order valence-electron chi connectivity index (χ2n) is 5.40. The number of nitrogens with zero attached hydrogens (tertiary/aromatic N) is 2. The molecule has 26 heavy (non-hydrogen) atoms. The van der Waals surface area contributed by atoms with Crippen LogP contribution in [0.2, 0.25) is 0 Å². The largest absolute Gasteiger partial charge is 0.463 e. The quantitative estimate of drug-likeness (QED) is 0.465. The molecule has 4 atom stereocenters. The lowest BCUT2D eigenvalue weighted by atomic mass is 10.1. The number of aromatic nitrogens is 3. The van der Waals surface area contributed by atoms with Gasteiger partial charge in [0, 0.05) is 20.8 Å². The third-order valence-electron chi connectivity index (χ3n) is 3.32. The Morgan fingerprint density at radius 1 is 1.12 bits per heavy atom. The highest BCUT2D eigenvalue weighted by Crippen LogP contribution is 2.33. The topological polar surface area (TPSA) is 156 Å². The number of nitrogens with one attached hydrogen (secondary N) is 1. The van der Waals surface area contributed by atoms with E-state index in [2.05, 4.69) is 5.10 Å². The molecule has 12 heteroatoms. The minimum absolute atomic E-state index is 0.320. The van der Waals surface area contributed by atoms with Gasteiger partial charge in [-0.05, 0) is 0 Å². The van der Waals surface area contributed by atoms with Gasteiger partial charge in [-0.25, -0.2) is 4.79 Å². The van der Waals surface area contributed by atoms with Gasteiger partial charge in [-0.15, -0.1) is 0 Å². The molecule has 1 N–H and O–H groups in total. The smallest absolute Gasteiger partial charge is 0.347 e. The summed E-state index contributed by atoms with van der Waals surface area (Å²) in [5.74, 6) is -2.04. The zero-order chi connectivity index (χ0) is 19.4. The van der Waals surface area contributed by atoms with Crippen molar-refractivity contribution in [2.45, 2.75) is 45.3 Å². The monoisotopic (exact) mass is 371 g/mol. The molecule has 2 rings (SSSR count). The van der Waals surface area contributed by atoms with E-state index in [4.69, 9.17) is 18.9 Å². The third-order valence-corrected chi connectivity index (χ3v) is 3.32. The number of H-pyrrole nitrogens is 1. The first-order valence-corrected chi connectivity index (χ1v) is 7.50. The molecule has 0 amide bonds. The number of carbonyl (C=O) groups is 3. The van der Waals surface area contributed by atoms with E-state index in [-0.39, 0.29) is 6.61 Å². The predicted molar refractivity (Wildman–Crippen MR) is 80.8 cm³/mol. The van der Waals surface area contributed by atoms with Crippen LogP contribution in [0.3, 0.4) is 0 Å². The van der Waals surface area contributed by atoms with Crippen molar-refractivity contribution < 1.29 is 33.3 Å². The number of hydrogen-bond acceptors (Lipinski definition) is 10. The van der Waals surface area contributed by atoms with Crippen molar-refractivity contribution in [2.24, 2.45) is 0 Å². The van der Waals surface area contributed by atoms with Gasteiger partial charge in [0.1, 0.15) is 18.9 Å². The Labute approximate surface area is 146 Å². The van der Waals surface area contributed by atoms with Crippen LogP contribution in [-0.2, 0) is 33.3 Å². The Balaban J connectivity index is 2.41. The Morgan fingerprint density at radius 2 is 1.73 bits per heavy atom. The van der Waals surface area contributed by atoms with Gasteiger partial charge >= 0.3 is 23.6 Å². The summed E-state index contributed by atoms with van der Waals surface area (Å²) in [5, 5.41) is 3.66. The average molecular weight is 371 g/mol. The fourth-order valence-electron chi connectivity index (χ4n) is 2.43. The molecule has 1 fully saturated rings. The second-order valence-corrected chi connectivity index (χ2v) is 5.40. The minimum atomic E-state index is -1.31. The maximum absolute atomic E-state index is 12.0. The van der Waals surface area contributed by atoms with Crippen LogP contribution < -0.4 is 11.2 Å². The first-order chi connectivity index (χ1) is 12.2. The van der Waals surface area contributed by atoms with Crippen LogP contribution >= 0.6 is 0 Å². The van der Waals surface area contributed by atoms with Crippen LogP contribution in [0.15, 0.2) is 15.8 Å². The van der Waals surface area contributed by atoms with E-state index >= 15 is 0 Å². The van der Waals surface area contributed by atoms with Gasteiger partial charge in [-0.1, -0.05) is 0 Å². The molecule has 1 aliphatic heterocycles. The molecular weight excluding hydrogens is 354 g/mol. The fourth-order valence-corrected chi connectivity index (χ4v) is 2.43. The number of rotatable bonds is 5. The Hall–Kier alpha value is -3.02. The highest BCUT2D eigenvalue weighted by Gasteiger charge is 2.51. The minimum Gasteiger partial charge on any atom is -0.463 e. The molecular formula is C14H17N3O9. The second kappa shape index (κ2) is 7.91. The average Bonchev–Trinajstić information content (AvgIpc) is 2.82. The summed E-state index contributed by atoms with van der Waals surface area (Å²) in [4.78, 5) is 59.1. The van der Waals surface area contributed by atoms with Crippen molar-refractivity contribution in [3.8, 4) is 0 Å². The molecule has 0 bridgehead atoms. The van der Waals surface area contributed by atoms with E-state index in [9.17, 15) is 24.0 Å². The maximum atomic E-state index is 12.0. The van der Waals surface area contributed by atoms with Crippen molar-refractivity contribution in [3.05, 3.63) is 27.0 Å². The van der Waals surface area contributed by atoms with Crippen LogP contribution in [0.1, 0.15) is 27.0 Å². The summed E-state index contributed by atoms with van der Waals surface area (Å²) >= 11 is 0. The molecule has 1 aromatic heterocycles. The van der Waals surface area contributed by atoms with Crippen molar-refractivity contribution in [1.29, 1.82) is 0 Å². The molecule has 0 aromatic carbocycles. The summed E-state index contributed by atoms with van der Waals surface area (Å²) in [7, 11) is 0. The van der Waals surface area contributed by atoms with Crippen molar-refractivity contribution >= 4 is 17.9 Å². The molecule has 0 saturated carbocycles. The van der Waals surface area contributed by atoms with Crippen molar-refractivity contribution in [1.82, 2.24) is 14.8 Å². The van der Waals surface area contributed by atoms with Crippen LogP contribution in [0.5, 0.6) is 0 Å². The van der Waals surface area contributed by atoms with Crippen LogP contribution in [-0.4, -0.2) is 57.6 Å². The van der Waals surface area contributed by atoms with E-state index in [1.807, 2.05) is 4.98 Å². The maximum Gasteiger partial charge on any atom is 0.347 e. The van der Waals surface area contributed by atoms with E-state index in [1.54, 1.807) is 0 Å². The highest BCUT2D eigenvalue weighted by molar-refractivity contribution is 5.67. The molecule has 0 spiro atoms. The van der Waals surface area contributed by atoms with E-state index < -0.39 is 53.7 Å².